The van der Waals surface area contributed by atoms with E-state index < -0.39 is 17.3 Å². The van der Waals surface area contributed by atoms with Crippen molar-refractivity contribution in [2.24, 2.45) is 0 Å². The first-order chi connectivity index (χ1) is 8.63. The number of rotatable bonds is 4. The van der Waals surface area contributed by atoms with Gasteiger partial charge in [0.2, 0.25) is 11.6 Å². The van der Waals surface area contributed by atoms with Crippen LogP contribution in [0.2, 0.25) is 0 Å². The molecule has 1 aromatic carbocycles. The molecule has 0 heterocycles. The number of allylic oxidation sites excluding steroid dienone is 4. The van der Waals surface area contributed by atoms with Gasteiger partial charge < -0.3 is 0 Å². The molecule has 0 aliphatic rings. The molecule has 0 aliphatic carbocycles. The van der Waals surface area contributed by atoms with Crippen molar-refractivity contribution in [3.05, 3.63) is 60.7 Å². The molecule has 0 aliphatic heterocycles. The standard InChI is InChI=1S/C9H10O3.C6H6/c1-3-5-7(10)9(12)8(11)6-4-2;1-2-4-6-5-3-1/h3-6H,1-2H3;1-6H/b5-3+,6-4+;. The van der Waals surface area contributed by atoms with Gasteiger partial charge >= 0.3 is 0 Å². The van der Waals surface area contributed by atoms with Crippen molar-refractivity contribution < 1.29 is 14.4 Å². The van der Waals surface area contributed by atoms with Crippen LogP contribution in [0.3, 0.4) is 0 Å². The van der Waals surface area contributed by atoms with Gasteiger partial charge in [0.05, 0.1) is 0 Å². The molecule has 0 radical (unpaired) electrons. The fourth-order valence-corrected chi connectivity index (χ4v) is 0.960. The van der Waals surface area contributed by atoms with Crippen molar-refractivity contribution in [3.63, 3.8) is 0 Å². The molecule has 1 aromatic rings. The number of carbonyl (C=O) groups is 3. The molecule has 0 N–H and O–H groups in total. The summed E-state index contributed by atoms with van der Waals surface area (Å²) in [5, 5.41) is 0. The quantitative estimate of drug-likeness (QED) is 0.464. The maximum atomic E-state index is 10.8. The third kappa shape index (κ3) is 7.06. The van der Waals surface area contributed by atoms with Crippen LogP contribution < -0.4 is 0 Å². The second kappa shape index (κ2) is 9.90. The summed E-state index contributed by atoms with van der Waals surface area (Å²) in [5.74, 6) is -2.55. The number of benzene rings is 1. The topological polar surface area (TPSA) is 51.2 Å². The molecule has 1 rings (SSSR count). The normalized spacial score (nSPS) is 9.89. The van der Waals surface area contributed by atoms with E-state index in [9.17, 15) is 14.4 Å². The van der Waals surface area contributed by atoms with Crippen LogP contribution in [0.15, 0.2) is 60.7 Å². The predicted molar refractivity (Wildman–Crippen MR) is 71.1 cm³/mol. The van der Waals surface area contributed by atoms with E-state index in [1.807, 2.05) is 36.4 Å². The minimum absolute atomic E-state index is 0.777. The fourth-order valence-electron chi connectivity index (χ4n) is 0.960. The molecular weight excluding hydrogens is 228 g/mol. The third-order valence-corrected chi connectivity index (χ3v) is 1.75. The molecule has 3 nitrogen and oxygen atoms in total. The molecule has 18 heavy (non-hydrogen) atoms. The van der Waals surface area contributed by atoms with E-state index in [2.05, 4.69) is 0 Å². The van der Waals surface area contributed by atoms with Crippen molar-refractivity contribution in [1.29, 1.82) is 0 Å². The van der Waals surface area contributed by atoms with Crippen LogP contribution in [0.5, 0.6) is 0 Å². The maximum absolute atomic E-state index is 10.8. The van der Waals surface area contributed by atoms with Crippen molar-refractivity contribution in [2.45, 2.75) is 13.8 Å². The Morgan fingerprint density at radius 3 is 1.17 bits per heavy atom. The highest BCUT2D eigenvalue weighted by atomic mass is 16.2. The lowest BCUT2D eigenvalue weighted by molar-refractivity contribution is -0.140. The predicted octanol–water partition coefficient (Wildman–Crippen LogP) is 2.53. The van der Waals surface area contributed by atoms with E-state index in [0.29, 0.717) is 0 Å². The first-order valence-corrected chi connectivity index (χ1v) is 5.51. The van der Waals surface area contributed by atoms with E-state index >= 15 is 0 Å². The Balaban J connectivity index is 0.000000397. The highest BCUT2D eigenvalue weighted by Gasteiger charge is 2.16. The molecule has 0 spiro atoms. The van der Waals surface area contributed by atoms with Crippen LogP contribution in [-0.2, 0) is 14.4 Å². The molecule has 0 amide bonds. The smallest absolute Gasteiger partial charge is 0.272 e. The summed E-state index contributed by atoms with van der Waals surface area (Å²) in [4.78, 5) is 32.4. The zero-order chi connectivity index (χ0) is 13.8. The SMILES string of the molecule is C/C=C/C(=O)C(=O)C(=O)/C=C/C.c1ccccc1. The van der Waals surface area contributed by atoms with E-state index in [1.54, 1.807) is 13.8 Å². The Hall–Kier alpha value is -2.29. The van der Waals surface area contributed by atoms with Gasteiger partial charge in [-0.15, -0.1) is 0 Å². The summed E-state index contributed by atoms with van der Waals surface area (Å²) in [7, 11) is 0. The molecule has 3 heteroatoms. The van der Waals surface area contributed by atoms with Crippen molar-refractivity contribution in [2.75, 3.05) is 0 Å². The zero-order valence-electron chi connectivity index (χ0n) is 10.5. The average molecular weight is 244 g/mol. The number of ketones is 3. The first-order valence-electron chi connectivity index (χ1n) is 5.51. The van der Waals surface area contributed by atoms with Crippen molar-refractivity contribution >= 4 is 17.3 Å². The van der Waals surface area contributed by atoms with Gasteiger partial charge in [0.1, 0.15) is 0 Å². The summed E-state index contributed by atoms with van der Waals surface area (Å²) in [6.07, 6.45) is 4.99. The second-order valence-electron chi connectivity index (χ2n) is 3.21. The lowest BCUT2D eigenvalue weighted by Crippen LogP contribution is -2.20. The van der Waals surface area contributed by atoms with Gasteiger partial charge in [0.25, 0.3) is 5.78 Å². The molecule has 0 unspecified atom stereocenters. The van der Waals surface area contributed by atoms with Crippen molar-refractivity contribution in [1.82, 2.24) is 0 Å². The number of hydrogen-bond acceptors (Lipinski definition) is 3. The molecule has 0 fully saturated rings. The molecule has 0 bridgehead atoms. The lowest BCUT2D eigenvalue weighted by atomic mass is 10.1. The summed E-state index contributed by atoms with van der Waals surface area (Å²) in [6, 6.07) is 12.0. The van der Waals surface area contributed by atoms with Gasteiger partial charge in [-0.1, -0.05) is 48.6 Å². The van der Waals surface area contributed by atoms with Crippen LogP contribution >= 0.6 is 0 Å². The van der Waals surface area contributed by atoms with Crippen LogP contribution in [-0.4, -0.2) is 17.3 Å². The Morgan fingerprint density at radius 2 is 0.944 bits per heavy atom. The van der Waals surface area contributed by atoms with Gasteiger partial charge in [-0.3, -0.25) is 14.4 Å². The monoisotopic (exact) mass is 244 g/mol. The molecule has 0 atom stereocenters. The molecule has 94 valence electrons. The first kappa shape index (κ1) is 15.7. The highest BCUT2D eigenvalue weighted by molar-refractivity contribution is 6.68. The summed E-state index contributed by atoms with van der Waals surface area (Å²) in [6.45, 7) is 3.20. The van der Waals surface area contributed by atoms with E-state index in [4.69, 9.17) is 0 Å². The minimum Gasteiger partial charge on any atom is -0.285 e. The van der Waals surface area contributed by atoms with Gasteiger partial charge in [-0.05, 0) is 26.0 Å². The van der Waals surface area contributed by atoms with Gasteiger partial charge in [0.15, 0.2) is 0 Å². The molecule has 0 saturated heterocycles. The fraction of sp³-hybridized carbons (Fsp3) is 0.133. The Bertz CT molecular complexity index is 389. The Kier molecular flexibility index (Phi) is 8.64. The van der Waals surface area contributed by atoms with Crippen molar-refractivity contribution in [3.8, 4) is 0 Å². The van der Waals surface area contributed by atoms with E-state index in [0.717, 1.165) is 12.2 Å². The van der Waals surface area contributed by atoms with E-state index in [1.165, 1.54) is 12.2 Å². The molecule has 0 aromatic heterocycles. The van der Waals surface area contributed by atoms with Gasteiger partial charge in [0, 0.05) is 0 Å². The van der Waals surface area contributed by atoms with Gasteiger partial charge in [-0.25, -0.2) is 0 Å². The molecule has 0 saturated carbocycles. The van der Waals surface area contributed by atoms with Crippen LogP contribution in [0.4, 0.5) is 0 Å². The summed E-state index contributed by atoms with van der Waals surface area (Å²) in [5.41, 5.74) is 0. The van der Waals surface area contributed by atoms with E-state index in [-0.39, 0.29) is 0 Å². The number of hydrogen-bond donors (Lipinski definition) is 0. The van der Waals surface area contributed by atoms with Gasteiger partial charge in [-0.2, -0.15) is 0 Å². The van der Waals surface area contributed by atoms with Crippen LogP contribution in [0.1, 0.15) is 13.8 Å². The number of carbonyl (C=O) groups excluding carboxylic acids is 3. The minimum atomic E-state index is -0.994. The largest absolute Gasteiger partial charge is 0.285 e. The highest BCUT2D eigenvalue weighted by Crippen LogP contribution is 1.85. The maximum Gasteiger partial charge on any atom is 0.272 e. The Morgan fingerprint density at radius 1 is 0.667 bits per heavy atom. The zero-order valence-corrected chi connectivity index (χ0v) is 10.5. The van der Waals surface area contributed by atoms with Crippen LogP contribution in [0.25, 0.3) is 0 Å². The lowest BCUT2D eigenvalue weighted by Gasteiger charge is -1.87. The Labute approximate surface area is 107 Å². The molecular formula is C15H16O3. The second-order valence-corrected chi connectivity index (χ2v) is 3.21. The summed E-state index contributed by atoms with van der Waals surface area (Å²) >= 11 is 0. The average Bonchev–Trinajstić information content (AvgIpc) is 2.41. The summed E-state index contributed by atoms with van der Waals surface area (Å²) < 4.78 is 0. The third-order valence-electron chi connectivity index (χ3n) is 1.75. The number of Topliss-reactive ketones (excluding diaryl/α,β-unsaturated/α-hetero) is 1. The van der Waals surface area contributed by atoms with Crippen LogP contribution in [0, 0.1) is 0 Å².